The Kier molecular flexibility index (Phi) is 5.89. The Labute approximate surface area is 180 Å². The van der Waals surface area contributed by atoms with E-state index >= 15 is 0 Å². The Morgan fingerprint density at radius 1 is 1.06 bits per heavy atom. The summed E-state index contributed by atoms with van der Waals surface area (Å²) in [4.78, 5) is 33.6. The third kappa shape index (κ3) is 4.86. The number of nitrogens with zero attached hydrogens (tertiary/aromatic N) is 6. The number of aromatic nitrogens is 4. The smallest absolute Gasteiger partial charge is 0.253 e. The van der Waals surface area contributed by atoms with Crippen molar-refractivity contribution < 1.29 is 9.53 Å². The Hall–Kier alpha value is -3.79. The van der Waals surface area contributed by atoms with Crippen LogP contribution in [0.25, 0.3) is 11.4 Å². The van der Waals surface area contributed by atoms with Crippen LogP contribution < -0.4 is 16.0 Å². The minimum atomic E-state index is -0.0561. The van der Waals surface area contributed by atoms with Gasteiger partial charge in [-0.25, -0.2) is 4.98 Å². The Bertz CT molecular complexity index is 1050. The number of pyridine rings is 1. The summed E-state index contributed by atoms with van der Waals surface area (Å²) >= 11 is 0. The van der Waals surface area contributed by atoms with Gasteiger partial charge in [-0.1, -0.05) is 0 Å². The van der Waals surface area contributed by atoms with E-state index in [9.17, 15) is 4.79 Å². The number of rotatable bonds is 5. The van der Waals surface area contributed by atoms with E-state index in [0.717, 1.165) is 11.3 Å². The van der Waals surface area contributed by atoms with Crippen LogP contribution in [0.1, 0.15) is 10.4 Å². The molecule has 1 amide bonds. The highest BCUT2D eigenvalue weighted by atomic mass is 16.5. The predicted molar refractivity (Wildman–Crippen MR) is 118 cm³/mol. The molecular weight excluding hydrogens is 396 g/mol. The summed E-state index contributed by atoms with van der Waals surface area (Å²) in [5, 5.41) is 3.21. The van der Waals surface area contributed by atoms with Gasteiger partial charge in [0, 0.05) is 50.2 Å². The quantitative estimate of drug-likeness (QED) is 0.636. The van der Waals surface area contributed by atoms with Crippen molar-refractivity contribution in [2.45, 2.75) is 0 Å². The van der Waals surface area contributed by atoms with Gasteiger partial charge in [0.1, 0.15) is 5.82 Å². The molecule has 3 aromatic rings. The number of morpholine rings is 1. The van der Waals surface area contributed by atoms with Crippen molar-refractivity contribution in [3.63, 3.8) is 0 Å². The van der Waals surface area contributed by atoms with Crippen LogP contribution in [0.2, 0.25) is 0 Å². The number of nitrogen functional groups attached to an aromatic ring is 1. The third-order valence-electron chi connectivity index (χ3n) is 4.76. The monoisotopic (exact) mass is 420 g/mol. The zero-order chi connectivity index (χ0) is 21.8. The van der Waals surface area contributed by atoms with E-state index in [0.29, 0.717) is 55.4 Å². The summed E-state index contributed by atoms with van der Waals surface area (Å²) in [6, 6.07) is 10.7. The molecule has 160 valence electrons. The van der Waals surface area contributed by atoms with E-state index in [-0.39, 0.29) is 5.91 Å². The van der Waals surface area contributed by atoms with E-state index in [4.69, 9.17) is 10.5 Å². The zero-order valence-electron chi connectivity index (χ0n) is 17.4. The van der Waals surface area contributed by atoms with Gasteiger partial charge >= 0.3 is 0 Å². The third-order valence-corrected chi connectivity index (χ3v) is 4.76. The van der Waals surface area contributed by atoms with Crippen LogP contribution in [-0.4, -0.2) is 71.1 Å². The SMILES string of the molecule is CN(C)C(=O)c1ccc(Nc2nc(-c3ccc(N)nc3)nc(N3CCOCC3)n2)cc1. The molecule has 3 N–H and O–H groups in total. The number of carbonyl (C=O) groups excluding carboxylic acids is 1. The van der Waals surface area contributed by atoms with Crippen LogP contribution in [0, 0.1) is 0 Å². The molecule has 2 aromatic heterocycles. The first-order valence-corrected chi connectivity index (χ1v) is 9.89. The van der Waals surface area contributed by atoms with Gasteiger partial charge in [-0.2, -0.15) is 15.0 Å². The molecule has 0 unspecified atom stereocenters. The molecule has 1 aromatic carbocycles. The average molecular weight is 420 g/mol. The average Bonchev–Trinajstić information content (AvgIpc) is 2.80. The fourth-order valence-electron chi connectivity index (χ4n) is 3.08. The molecule has 1 saturated heterocycles. The van der Waals surface area contributed by atoms with Crippen LogP contribution in [-0.2, 0) is 4.74 Å². The van der Waals surface area contributed by atoms with Gasteiger partial charge in [0.2, 0.25) is 11.9 Å². The van der Waals surface area contributed by atoms with E-state index in [1.54, 1.807) is 38.5 Å². The van der Waals surface area contributed by atoms with Gasteiger partial charge in [-0.15, -0.1) is 0 Å². The van der Waals surface area contributed by atoms with Crippen molar-refractivity contribution in [2.24, 2.45) is 0 Å². The number of hydrogen-bond acceptors (Lipinski definition) is 9. The minimum absolute atomic E-state index is 0.0561. The van der Waals surface area contributed by atoms with Crippen molar-refractivity contribution in [1.82, 2.24) is 24.8 Å². The lowest BCUT2D eigenvalue weighted by Crippen LogP contribution is -2.37. The lowest BCUT2D eigenvalue weighted by atomic mass is 10.2. The molecule has 0 atom stereocenters. The maximum absolute atomic E-state index is 12.1. The van der Waals surface area contributed by atoms with E-state index in [1.165, 1.54) is 4.90 Å². The molecule has 0 aliphatic carbocycles. The van der Waals surface area contributed by atoms with Crippen molar-refractivity contribution in [2.75, 3.05) is 56.3 Å². The molecular formula is C21H24N8O2. The second-order valence-electron chi connectivity index (χ2n) is 7.26. The molecule has 31 heavy (non-hydrogen) atoms. The molecule has 1 aliphatic heterocycles. The minimum Gasteiger partial charge on any atom is -0.384 e. The summed E-state index contributed by atoms with van der Waals surface area (Å²) in [5.41, 5.74) is 7.81. The summed E-state index contributed by atoms with van der Waals surface area (Å²) in [6.45, 7) is 2.64. The maximum Gasteiger partial charge on any atom is 0.253 e. The molecule has 1 aliphatic rings. The second-order valence-corrected chi connectivity index (χ2v) is 7.26. The Morgan fingerprint density at radius 2 is 1.81 bits per heavy atom. The van der Waals surface area contributed by atoms with Gasteiger partial charge in [0.15, 0.2) is 5.82 Å². The molecule has 0 spiro atoms. The van der Waals surface area contributed by atoms with Crippen molar-refractivity contribution in [3.8, 4) is 11.4 Å². The number of anilines is 4. The van der Waals surface area contributed by atoms with E-state index < -0.39 is 0 Å². The fraction of sp³-hybridized carbons (Fsp3) is 0.286. The first kappa shape index (κ1) is 20.5. The van der Waals surface area contributed by atoms with Crippen LogP contribution >= 0.6 is 0 Å². The number of carbonyl (C=O) groups is 1. The molecule has 1 fully saturated rings. The molecule has 4 rings (SSSR count). The largest absolute Gasteiger partial charge is 0.384 e. The number of benzene rings is 1. The van der Waals surface area contributed by atoms with Gasteiger partial charge < -0.3 is 25.6 Å². The number of ether oxygens (including phenoxy) is 1. The lowest BCUT2D eigenvalue weighted by Gasteiger charge is -2.27. The highest BCUT2D eigenvalue weighted by molar-refractivity contribution is 5.94. The first-order valence-electron chi connectivity index (χ1n) is 9.89. The van der Waals surface area contributed by atoms with Crippen molar-refractivity contribution in [1.29, 1.82) is 0 Å². The normalized spacial score (nSPS) is 13.7. The number of nitrogens with one attached hydrogen (secondary N) is 1. The standard InChI is InChI=1S/C21H24N8O2/c1-28(2)19(30)14-3-6-16(7-4-14)24-20-25-18(15-5-8-17(22)23-13-15)26-21(27-20)29-9-11-31-12-10-29/h3-8,13H,9-12H2,1-2H3,(H2,22,23)(H,24,25,26,27). The topological polar surface area (TPSA) is 122 Å². The molecule has 10 nitrogen and oxygen atoms in total. The van der Waals surface area contributed by atoms with Crippen molar-refractivity contribution >= 4 is 29.3 Å². The van der Waals surface area contributed by atoms with E-state index in [1.807, 2.05) is 18.2 Å². The number of nitrogens with two attached hydrogens (primary N) is 1. The van der Waals surface area contributed by atoms with Crippen LogP contribution in [0.15, 0.2) is 42.6 Å². The zero-order valence-corrected chi connectivity index (χ0v) is 17.4. The molecule has 0 saturated carbocycles. The van der Waals surface area contributed by atoms with Crippen molar-refractivity contribution in [3.05, 3.63) is 48.2 Å². The number of hydrogen-bond donors (Lipinski definition) is 2. The Balaban J connectivity index is 1.65. The summed E-state index contributed by atoms with van der Waals surface area (Å²) in [7, 11) is 3.44. The predicted octanol–water partition coefficient (Wildman–Crippen LogP) is 1.80. The van der Waals surface area contributed by atoms with E-state index in [2.05, 4.69) is 30.2 Å². The van der Waals surface area contributed by atoms with Gasteiger partial charge in [-0.05, 0) is 36.4 Å². The first-order chi connectivity index (χ1) is 15.0. The van der Waals surface area contributed by atoms with Gasteiger partial charge in [0.25, 0.3) is 5.91 Å². The molecule has 0 bridgehead atoms. The molecule has 10 heteroatoms. The fourth-order valence-corrected chi connectivity index (χ4v) is 3.08. The number of amides is 1. The summed E-state index contributed by atoms with van der Waals surface area (Å²) in [6.07, 6.45) is 1.64. The van der Waals surface area contributed by atoms with Crippen LogP contribution in [0.4, 0.5) is 23.4 Å². The second kappa shape index (κ2) is 8.92. The van der Waals surface area contributed by atoms with Gasteiger partial charge in [0.05, 0.1) is 13.2 Å². The van der Waals surface area contributed by atoms with Crippen LogP contribution in [0.5, 0.6) is 0 Å². The van der Waals surface area contributed by atoms with Gasteiger partial charge in [-0.3, -0.25) is 4.79 Å². The molecule has 3 heterocycles. The highest BCUT2D eigenvalue weighted by Gasteiger charge is 2.18. The molecule has 0 radical (unpaired) electrons. The Morgan fingerprint density at radius 3 is 2.45 bits per heavy atom. The highest BCUT2D eigenvalue weighted by Crippen LogP contribution is 2.22. The summed E-state index contributed by atoms with van der Waals surface area (Å²) in [5.74, 6) is 1.82. The summed E-state index contributed by atoms with van der Waals surface area (Å²) < 4.78 is 5.44. The lowest BCUT2D eigenvalue weighted by molar-refractivity contribution is 0.0827. The maximum atomic E-state index is 12.1. The van der Waals surface area contributed by atoms with Crippen LogP contribution in [0.3, 0.4) is 0 Å².